The highest BCUT2D eigenvalue weighted by Gasteiger charge is 2.20. The fourth-order valence-electron chi connectivity index (χ4n) is 3.62. The summed E-state index contributed by atoms with van der Waals surface area (Å²) in [6.07, 6.45) is 3.47. The van der Waals surface area contributed by atoms with Gasteiger partial charge < -0.3 is 5.32 Å². The number of anilines is 1. The molecule has 0 aliphatic heterocycles. The molecule has 0 spiro atoms. The van der Waals surface area contributed by atoms with Gasteiger partial charge in [0, 0.05) is 16.7 Å². The van der Waals surface area contributed by atoms with E-state index in [2.05, 4.69) is 45.6 Å². The molecule has 1 N–H and O–H groups in total. The number of aryl methyl sites for hydroxylation is 3. The zero-order valence-corrected chi connectivity index (χ0v) is 15.8. The Labute approximate surface area is 159 Å². The van der Waals surface area contributed by atoms with Crippen LogP contribution in [0.15, 0.2) is 48.5 Å². The van der Waals surface area contributed by atoms with Gasteiger partial charge in [0.2, 0.25) is 0 Å². The number of nitrogens with zero attached hydrogens (tertiary/aromatic N) is 2. The van der Waals surface area contributed by atoms with Crippen molar-refractivity contribution in [3.8, 4) is 11.3 Å². The normalized spacial score (nSPS) is 16.2. The quantitative estimate of drug-likeness (QED) is 0.629. The Bertz CT molecular complexity index is 952. The number of halogens is 1. The SMILES string of the molecule is Cc1nc(NC2CCCc3ccccc32)cc(-c2ccc(C)c(Cl)c2)n1. The summed E-state index contributed by atoms with van der Waals surface area (Å²) < 4.78 is 0. The Morgan fingerprint density at radius 3 is 2.73 bits per heavy atom. The summed E-state index contributed by atoms with van der Waals surface area (Å²) in [5.41, 5.74) is 5.80. The molecule has 26 heavy (non-hydrogen) atoms. The van der Waals surface area contributed by atoms with Crippen LogP contribution < -0.4 is 5.32 Å². The largest absolute Gasteiger partial charge is 0.363 e. The molecule has 0 bridgehead atoms. The lowest BCUT2D eigenvalue weighted by molar-refractivity contribution is 0.598. The number of fused-ring (bicyclic) bond motifs is 1. The van der Waals surface area contributed by atoms with Gasteiger partial charge in [-0.05, 0) is 55.9 Å². The summed E-state index contributed by atoms with van der Waals surface area (Å²) >= 11 is 6.30. The number of hydrogen-bond acceptors (Lipinski definition) is 3. The molecule has 1 aromatic heterocycles. The van der Waals surface area contributed by atoms with E-state index in [1.807, 2.05) is 32.0 Å². The third-order valence-corrected chi connectivity index (χ3v) is 5.40. The molecular weight excluding hydrogens is 342 g/mol. The van der Waals surface area contributed by atoms with Crippen molar-refractivity contribution in [1.29, 1.82) is 0 Å². The van der Waals surface area contributed by atoms with Crippen molar-refractivity contribution in [2.75, 3.05) is 5.32 Å². The standard InChI is InChI=1S/C22H22ClN3/c1-14-10-11-17(12-19(14)23)21-13-22(25-15(2)24-21)26-20-9-5-7-16-6-3-4-8-18(16)20/h3-4,6,8,10-13,20H,5,7,9H2,1-2H3,(H,24,25,26). The smallest absolute Gasteiger partial charge is 0.130 e. The molecule has 1 aliphatic carbocycles. The highest BCUT2D eigenvalue weighted by molar-refractivity contribution is 6.31. The second-order valence-corrected chi connectivity index (χ2v) is 7.34. The van der Waals surface area contributed by atoms with Crippen LogP contribution in [-0.2, 0) is 6.42 Å². The first kappa shape index (κ1) is 17.0. The number of nitrogens with one attached hydrogen (secondary N) is 1. The van der Waals surface area contributed by atoms with E-state index in [0.29, 0.717) is 6.04 Å². The van der Waals surface area contributed by atoms with Gasteiger partial charge in [0.15, 0.2) is 0 Å². The van der Waals surface area contributed by atoms with E-state index in [1.54, 1.807) is 0 Å². The summed E-state index contributed by atoms with van der Waals surface area (Å²) in [5, 5.41) is 4.39. The first-order valence-electron chi connectivity index (χ1n) is 9.07. The van der Waals surface area contributed by atoms with Crippen LogP contribution in [0.5, 0.6) is 0 Å². The summed E-state index contributed by atoms with van der Waals surface area (Å²) in [7, 11) is 0. The zero-order valence-electron chi connectivity index (χ0n) is 15.1. The van der Waals surface area contributed by atoms with Crippen LogP contribution in [0.4, 0.5) is 5.82 Å². The van der Waals surface area contributed by atoms with E-state index < -0.39 is 0 Å². The monoisotopic (exact) mass is 363 g/mol. The van der Waals surface area contributed by atoms with Gasteiger partial charge in [0.1, 0.15) is 11.6 Å². The Morgan fingerprint density at radius 2 is 1.88 bits per heavy atom. The van der Waals surface area contributed by atoms with Gasteiger partial charge in [-0.25, -0.2) is 9.97 Å². The molecule has 0 amide bonds. The third-order valence-electron chi connectivity index (χ3n) is 5.00. The van der Waals surface area contributed by atoms with E-state index >= 15 is 0 Å². The fourth-order valence-corrected chi connectivity index (χ4v) is 3.80. The summed E-state index contributed by atoms with van der Waals surface area (Å²) in [6, 6.07) is 17.1. The fraction of sp³-hybridized carbons (Fsp3) is 0.273. The maximum absolute atomic E-state index is 6.30. The first-order valence-corrected chi connectivity index (χ1v) is 9.44. The first-order chi connectivity index (χ1) is 12.6. The van der Waals surface area contributed by atoms with E-state index in [1.165, 1.54) is 17.5 Å². The summed E-state index contributed by atoms with van der Waals surface area (Å²) in [6.45, 7) is 3.93. The summed E-state index contributed by atoms with van der Waals surface area (Å²) in [4.78, 5) is 9.21. The van der Waals surface area contributed by atoms with Crippen LogP contribution in [0.1, 0.15) is 41.4 Å². The van der Waals surface area contributed by atoms with Crippen molar-refractivity contribution in [2.45, 2.75) is 39.2 Å². The average Bonchev–Trinajstić information content (AvgIpc) is 2.64. The molecule has 3 nitrogen and oxygen atoms in total. The van der Waals surface area contributed by atoms with Crippen LogP contribution in [-0.4, -0.2) is 9.97 Å². The van der Waals surface area contributed by atoms with Crippen LogP contribution in [0.3, 0.4) is 0 Å². The molecule has 0 saturated heterocycles. The molecule has 1 heterocycles. The number of aromatic nitrogens is 2. The molecule has 1 aliphatic rings. The van der Waals surface area contributed by atoms with E-state index in [9.17, 15) is 0 Å². The molecule has 0 radical (unpaired) electrons. The van der Waals surface area contributed by atoms with Crippen molar-refractivity contribution < 1.29 is 0 Å². The molecule has 0 fully saturated rings. The Balaban J connectivity index is 1.66. The molecule has 1 unspecified atom stereocenters. The Kier molecular flexibility index (Phi) is 4.64. The maximum Gasteiger partial charge on any atom is 0.130 e. The predicted octanol–water partition coefficient (Wildman–Crippen LogP) is 5.90. The lowest BCUT2D eigenvalue weighted by Crippen LogP contribution is -2.18. The van der Waals surface area contributed by atoms with Gasteiger partial charge in [-0.3, -0.25) is 0 Å². The molecule has 4 heteroatoms. The van der Waals surface area contributed by atoms with Crippen molar-refractivity contribution >= 4 is 17.4 Å². The minimum atomic E-state index is 0.295. The van der Waals surface area contributed by atoms with Crippen LogP contribution in [0, 0.1) is 13.8 Å². The molecule has 0 saturated carbocycles. The second-order valence-electron chi connectivity index (χ2n) is 6.94. The van der Waals surface area contributed by atoms with Gasteiger partial charge in [0.05, 0.1) is 11.7 Å². The van der Waals surface area contributed by atoms with Crippen LogP contribution in [0.25, 0.3) is 11.3 Å². The van der Waals surface area contributed by atoms with Gasteiger partial charge >= 0.3 is 0 Å². The minimum Gasteiger partial charge on any atom is -0.363 e. The van der Waals surface area contributed by atoms with E-state index in [0.717, 1.165) is 46.3 Å². The minimum absolute atomic E-state index is 0.295. The van der Waals surface area contributed by atoms with Crippen molar-refractivity contribution in [3.05, 3.63) is 76.1 Å². The predicted molar refractivity (Wildman–Crippen MR) is 108 cm³/mol. The van der Waals surface area contributed by atoms with Crippen molar-refractivity contribution in [1.82, 2.24) is 9.97 Å². The lowest BCUT2D eigenvalue weighted by Gasteiger charge is -2.27. The maximum atomic E-state index is 6.30. The molecule has 1 atom stereocenters. The summed E-state index contributed by atoms with van der Waals surface area (Å²) in [5.74, 6) is 1.62. The highest BCUT2D eigenvalue weighted by Crippen LogP contribution is 2.33. The van der Waals surface area contributed by atoms with E-state index in [4.69, 9.17) is 11.6 Å². The van der Waals surface area contributed by atoms with Gasteiger partial charge in [0.25, 0.3) is 0 Å². The van der Waals surface area contributed by atoms with Gasteiger partial charge in [-0.15, -0.1) is 0 Å². The molecule has 132 valence electrons. The Morgan fingerprint density at radius 1 is 1.04 bits per heavy atom. The average molecular weight is 364 g/mol. The molecule has 4 rings (SSSR count). The lowest BCUT2D eigenvalue weighted by atomic mass is 9.88. The molecule has 3 aromatic rings. The molecule has 2 aromatic carbocycles. The van der Waals surface area contributed by atoms with E-state index in [-0.39, 0.29) is 0 Å². The number of benzene rings is 2. The topological polar surface area (TPSA) is 37.8 Å². The number of hydrogen-bond donors (Lipinski definition) is 1. The third kappa shape index (κ3) is 3.45. The van der Waals surface area contributed by atoms with Crippen molar-refractivity contribution in [3.63, 3.8) is 0 Å². The highest BCUT2D eigenvalue weighted by atomic mass is 35.5. The van der Waals surface area contributed by atoms with Crippen LogP contribution in [0.2, 0.25) is 5.02 Å². The van der Waals surface area contributed by atoms with Gasteiger partial charge in [-0.1, -0.05) is 48.0 Å². The second kappa shape index (κ2) is 7.08. The number of rotatable bonds is 3. The van der Waals surface area contributed by atoms with Gasteiger partial charge in [-0.2, -0.15) is 0 Å². The van der Waals surface area contributed by atoms with Crippen molar-refractivity contribution in [2.24, 2.45) is 0 Å². The molecular formula is C22H22ClN3. The van der Waals surface area contributed by atoms with Crippen LogP contribution >= 0.6 is 11.6 Å². The Hall–Kier alpha value is -2.39. The zero-order chi connectivity index (χ0) is 18.1.